The maximum Gasteiger partial charge on any atom is 0.422 e. The lowest BCUT2D eigenvalue weighted by Gasteiger charge is -2.36. The van der Waals surface area contributed by atoms with Gasteiger partial charge < -0.3 is 28.3 Å². The third-order valence-electron chi connectivity index (χ3n) is 8.85. The Bertz CT molecular complexity index is 1910. The highest BCUT2D eigenvalue weighted by Gasteiger charge is 2.19. The van der Waals surface area contributed by atoms with Gasteiger partial charge in [-0.1, -0.05) is 54.1 Å². The van der Waals surface area contributed by atoms with Crippen LogP contribution in [0.3, 0.4) is 0 Å². The highest BCUT2D eigenvalue weighted by Crippen LogP contribution is 2.30. The van der Waals surface area contributed by atoms with Gasteiger partial charge in [0.1, 0.15) is 18.6 Å². The van der Waals surface area contributed by atoms with Gasteiger partial charge in [0.05, 0.1) is 7.11 Å². The van der Waals surface area contributed by atoms with Gasteiger partial charge in [0, 0.05) is 55.9 Å². The summed E-state index contributed by atoms with van der Waals surface area (Å²) >= 11 is 6.16. The zero-order valence-corrected chi connectivity index (χ0v) is 29.1. The molecule has 10 nitrogen and oxygen atoms in total. The number of benzene rings is 3. The first-order chi connectivity index (χ1) is 24.4. The minimum absolute atomic E-state index is 0.0625. The first-order valence-corrected chi connectivity index (χ1v) is 17.4. The van der Waals surface area contributed by atoms with Crippen molar-refractivity contribution in [2.24, 2.45) is 0 Å². The summed E-state index contributed by atoms with van der Waals surface area (Å²) in [6.07, 6.45) is 8.96. The van der Waals surface area contributed by atoms with Crippen LogP contribution in [0, 0.1) is 0 Å². The lowest BCUT2D eigenvalue weighted by Crippen LogP contribution is -2.46. The van der Waals surface area contributed by atoms with Crippen molar-refractivity contribution in [3.8, 4) is 17.4 Å². The number of aromatic hydroxyl groups is 1. The lowest BCUT2D eigenvalue weighted by molar-refractivity contribution is 0.247. The number of piperazine rings is 1. The zero-order valence-electron chi connectivity index (χ0n) is 28.3. The van der Waals surface area contributed by atoms with E-state index in [0.717, 1.165) is 80.2 Å². The second-order valence-electron chi connectivity index (χ2n) is 12.3. The third-order valence-corrected chi connectivity index (χ3v) is 9.08. The number of hydrogen-bond acceptors (Lipinski definition) is 9. The van der Waals surface area contributed by atoms with Gasteiger partial charge in [-0.3, -0.25) is 4.90 Å². The first-order valence-electron chi connectivity index (χ1n) is 17.1. The largest absolute Gasteiger partial charge is 0.493 e. The number of unbranched alkanes of at least 4 members (excludes halogenated alkanes) is 1. The Labute approximate surface area is 297 Å². The molecule has 50 heavy (non-hydrogen) atoms. The van der Waals surface area contributed by atoms with Crippen LogP contribution >= 0.6 is 11.6 Å². The Kier molecular flexibility index (Phi) is 12.0. The summed E-state index contributed by atoms with van der Waals surface area (Å²) < 4.78 is 24.0. The van der Waals surface area contributed by atoms with Crippen molar-refractivity contribution < 1.29 is 23.4 Å². The summed E-state index contributed by atoms with van der Waals surface area (Å²) in [4.78, 5) is 21.8. The van der Waals surface area contributed by atoms with Gasteiger partial charge in [0.2, 0.25) is 11.8 Å². The number of hydrogen-bond donors (Lipinski definition) is 1. The fourth-order valence-electron chi connectivity index (χ4n) is 6.11. The van der Waals surface area contributed by atoms with Crippen LogP contribution in [0.25, 0.3) is 12.2 Å². The summed E-state index contributed by atoms with van der Waals surface area (Å²) in [7, 11) is 1.61. The number of nitrogens with zero attached hydrogens (tertiary/aromatic N) is 4. The van der Waals surface area contributed by atoms with Gasteiger partial charge in [-0.15, -0.1) is 0 Å². The third kappa shape index (κ3) is 9.40. The first kappa shape index (κ1) is 34.9. The average molecular weight is 699 g/mol. The van der Waals surface area contributed by atoms with Gasteiger partial charge in [0.15, 0.2) is 17.3 Å². The number of aromatic nitrogens is 2. The highest BCUT2D eigenvalue weighted by molar-refractivity contribution is 6.30. The summed E-state index contributed by atoms with van der Waals surface area (Å²) in [5.41, 5.74) is 3.96. The van der Waals surface area contributed by atoms with E-state index in [0.29, 0.717) is 41.8 Å². The van der Waals surface area contributed by atoms with E-state index in [9.17, 15) is 9.90 Å². The minimum Gasteiger partial charge on any atom is -0.493 e. The molecule has 5 aromatic rings. The van der Waals surface area contributed by atoms with Crippen LogP contribution in [0.4, 0.5) is 5.69 Å². The molecule has 0 unspecified atom stereocenters. The molecule has 3 heterocycles. The van der Waals surface area contributed by atoms with Crippen LogP contribution in [-0.4, -0.2) is 59.4 Å². The molecule has 0 atom stereocenters. The molecule has 3 aromatic carbocycles. The van der Waals surface area contributed by atoms with Crippen molar-refractivity contribution >= 4 is 29.4 Å². The average Bonchev–Trinajstić information content (AvgIpc) is 3.71. The lowest BCUT2D eigenvalue weighted by atomic mass is 10.1. The Morgan fingerprint density at radius 3 is 2.52 bits per heavy atom. The van der Waals surface area contributed by atoms with Crippen LogP contribution in [0.2, 0.25) is 5.02 Å². The summed E-state index contributed by atoms with van der Waals surface area (Å²) in [5, 5.41) is 11.5. The van der Waals surface area contributed by atoms with E-state index in [1.807, 2.05) is 78.9 Å². The van der Waals surface area contributed by atoms with Gasteiger partial charge in [-0.2, -0.15) is 0 Å². The van der Waals surface area contributed by atoms with Crippen LogP contribution in [0.5, 0.6) is 17.4 Å². The van der Waals surface area contributed by atoms with Gasteiger partial charge in [-0.25, -0.2) is 14.3 Å². The van der Waals surface area contributed by atoms with Crippen LogP contribution in [0.15, 0.2) is 92.7 Å². The number of oxazole rings is 2. The van der Waals surface area contributed by atoms with Crippen molar-refractivity contribution in [2.45, 2.75) is 45.3 Å². The number of ether oxygens (including phenoxy) is 2. The van der Waals surface area contributed by atoms with Crippen LogP contribution < -0.4 is 20.1 Å². The second-order valence-corrected chi connectivity index (χ2v) is 12.8. The van der Waals surface area contributed by atoms with E-state index in [4.69, 9.17) is 29.9 Å². The summed E-state index contributed by atoms with van der Waals surface area (Å²) in [6, 6.07) is 23.8. The quantitative estimate of drug-likeness (QED) is 0.106. The molecule has 0 spiro atoms. The van der Waals surface area contributed by atoms with E-state index in [1.54, 1.807) is 13.4 Å². The standard InChI is InChI=1S/C39H43ClN4O6/c1-47-34-17-15-30(25-36(34)48-27-32-28-49-37(41-32)18-16-29-9-3-2-4-10-29)11-5-6-14-35-38(45)44(39(46)50-35)20-8-19-42-21-23-43(24-22-42)33-13-7-12-31(40)26-33/h2-4,7,9-10,12-13,15-18,25-26,28,45H,5-6,8,11,14,19-24,27H2,1H3. The molecule has 0 saturated carbocycles. The van der Waals surface area contributed by atoms with Crippen LogP contribution in [-0.2, 0) is 26.0 Å². The Morgan fingerprint density at radius 1 is 0.900 bits per heavy atom. The molecule has 1 saturated heterocycles. The molecule has 262 valence electrons. The molecule has 0 bridgehead atoms. The van der Waals surface area contributed by atoms with Gasteiger partial charge in [0.25, 0.3) is 0 Å². The van der Waals surface area contributed by atoms with Gasteiger partial charge >= 0.3 is 5.76 Å². The number of methoxy groups -OCH3 is 1. The molecule has 0 aliphatic carbocycles. The Hall–Kier alpha value is -4.93. The molecule has 11 heteroatoms. The van der Waals surface area contributed by atoms with Crippen molar-refractivity contribution in [1.29, 1.82) is 0 Å². The van der Waals surface area contributed by atoms with E-state index >= 15 is 0 Å². The van der Waals surface area contributed by atoms with E-state index in [1.165, 1.54) is 4.57 Å². The fraction of sp³-hybridized carbons (Fsp3) is 0.333. The zero-order chi connectivity index (χ0) is 34.7. The molecule has 0 radical (unpaired) electrons. The minimum atomic E-state index is -0.508. The number of aryl methyl sites for hydroxylation is 2. The SMILES string of the molecule is COc1ccc(CCCCc2oc(=O)n(CCCN3CCN(c4cccc(Cl)c4)CC3)c2O)cc1OCc1coc(C=Cc2ccccc2)n1. The molecule has 6 rings (SSSR count). The van der Waals surface area contributed by atoms with Gasteiger partial charge in [-0.05, 0) is 79.8 Å². The molecule has 1 aliphatic rings. The smallest absolute Gasteiger partial charge is 0.422 e. The highest BCUT2D eigenvalue weighted by atomic mass is 35.5. The maximum atomic E-state index is 12.5. The molecule has 1 N–H and O–H groups in total. The van der Waals surface area contributed by atoms with E-state index in [2.05, 4.69) is 20.9 Å². The van der Waals surface area contributed by atoms with Crippen molar-refractivity contribution in [2.75, 3.05) is 44.7 Å². The number of anilines is 1. The molecular weight excluding hydrogens is 656 g/mol. The number of halogens is 1. The molecule has 1 fully saturated rings. The second kappa shape index (κ2) is 17.1. The van der Waals surface area contributed by atoms with Crippen molar-refractivity contribution in [3.05, 3.63) is 123 Å². The Morgan fingerprint density at radius 2 is 1.72 bits per heavy atom. The van der Waals surface area contributed by atoms with E-state index in [-0.39, 0.29) is 12.5 Å². The Balaban J connectivity index is 0.930. The topological polar surface area (TPSA) is 106 Å². The normalized spacial score (nSPS) is 13.7. The van der Waals surface area contributed by atoms with Crippen molar-refractivity contribution in [3.63, 3.8) is 0 Å². The molecular formula is C39H43ClN4O6. The van der Waals surface area contributed by atoms with Crippen LogP contribution in [0.1, 0.15) is 47.7 Å². The molecule has 1 aliphatic heterocycles. The predicted octanol–water partition coefficient (Wildman–Crippen LogP) is 7.32. The molecule has 2 aromatic heterocycles. The van der Waals surface area contributed by atoms with Crippen molar-refractivity contribution in [1.82, 2.24) is 14.5 Å². The maximum absolute atomic E-state index is 12.5. The monoisotopic (exact) mass is 698 g/mol. The molecule has 0 amide bonds. The summed E-state index contributed by atoms with van der Waals surface area (Å²) in [5.74, 6) is 1.53. The number of rotatable bonds is 16. The summed E-state index contributed by atoms with van der Waals surface area (Å²) in [6.45, 7) is 5.20. The predicted molar refractivity (Wildman–Crippen MR) is 195 cm³/mol. The fourth-order valence-corrected chi connectivity index (χ4v) is 6.30. The van der Waals surface area contributed by atoms with E-state index < -0.39 is 5.76 Å².